The van der Waals surface area contributed by atoms with Gasteiger partial charge in [-0.15, -0.1) is 0 Å². The molecule has 0 spiro atoms. The van der Waals surface area contributed by atoms with Crippen molar-refractivity contribution in [1.82, 2.24) is 0 Å². The van der Waals surface area contributed by atoms with Crippen LogP contribution >= 0.6 is 0 Å². The van der Waals surface area contributed by atoms with Crippen LogP contribution in [0.3, 0.4) is 0 Å². The van der Waals surface area contributed by atoms with Crippen molar-refractivity contribution in [2.45, 2.75) is 136 Å². The fourth-order valence-electron chi connectivity index (χ4n) is 12.6. The van der Waals surface area contributed by atoms with Crippen molar-refractivity contribution in [3.05, 3.63) is 83.9 Å². The largest absolute Gasteiger partial charge is 0.459 e. The number of ether oxygens (including phenoxy) is 1. The van der Waals surface area contributed by atoms with Crippen LogP contribution < -0.4 is 0 Å². The van der Waals surface area contributed by atoms with Crippen molar-refractivity contribution in [3.63, 3.8) is 0 Å². The molecule has 3 heteroatoms. The van der Waals surface area contributed by atoms with Crippen LogP contribution in [-0.2, 0) is 15.1 Å². The fourth-order valence-corrected chi connectivity index (χ4v) is 12.6. The van der Waals surface area contributed by atoms with Crippen molar-refractivity contribution in [2.24, 2.45) is 52.3 Å². The smallest absolute Gasteiger partial charge is 0.343 e. The molecule has 0 unspecified atom stereocenters. The topological polar surface area (TPSA) is 46.5 Å². The van der Waals surface area contributed by atoms with Crippen LogP contribution in [-0.4, -0.2) is 17.2 Å². The quantitative estimate of drug-likeness (QED) is 0.217. The summed E-state index contributed by atoms with van der Waals surface area (Å²) in [6, 6.07) is 24.9. The molecule has 0 aromatic heterocycles. The Morgan fingerprint density at radius 1 is 0.860 bits per heavy atom. The van der Waals surface area contributed by atoms with Crippen molar-refractivity contribution in [1.29, 1.82) is 0 Å². The summed E-state index contributed by atoms with van der Waals surface area (Å²) < 4.78 is 6.70. The van der Waals surface area contributed by atoms with E-state index in [9.17, 15) is 9.90 Å². The van der Waals surface area contributed by atoms with Crippen LogP contribution in [0.5, 0.6) is 0 Å². The number of esters is 1. The summed E-state index contributed by atoms with van der Waals surface area (Å²) in [6.45, 7) is 14.5. The van der Waals surface area contributed by atoms with Gasteiger partial charge in [-0.3, -0.25) is 0 Å². The maximum absolute atomic E-state index is 14.2. The number of carbonyl (C=O) groups excluding carboxylic acids is 1. The summed E-state index contributed by atoms with van der Waals surface area (Å²) in [5, 5.41) is 14.4. The van der Waals surface area contributed by atoms with Gasteiger partial charge in [0.15, 0.2) is 5.60 Å². The molecule has 0 heterocycles. The van der Waals surface area contributed by atoms with Gasteiger partial charge in [-0.05, 0) is 132 Å². The minimum atomic E-state index is -1.65. The van der Waals surface area contributed by atoms with Gasteiger partial charge in [-0.25, -0.2) is 4.79 Å². The molecule has 3 aromatic rings. The van der Waals surface area contributed by atoms with E-state index < -0.39 is 11.6 Å². The van der Waals surface area contributed by atoms with Crippen molar-refractivity contribution in [2.75, 3.05) is 0 Å². The lowest BCUT2D eigenvalue weighted by Crippen LogP contribution is -2.56. The highest BCUT2D eigenvalue weighted by Gasteiger charge is 2.62. The van der Waals surface area contributed by atoms with Crippen LogP contribution in [0.25, 0.3) is 10.8 Å². The van der Waals surface area contributed by atoms with Gasteiger partial charge in [0.25, 0.3) is 0 Å². The predicted octanol–water partition coefficient (Wildman–Crippen LogP) is 11.9. The van der Waals surface area contributed by atoms with E-state index in [2.05, 4.69) is 77.1 Å². The van der Waals surface area contributed by atoms with Gasteiger partial charge in [-0.2, -0.15) is 0 Å². The molecule has 1 N–H and O–H groups in total. The van der Waals surface area contributed by atoms with Crippen LogP contribution in [0.15, 0.2) is 72.8 Å². The third-order valence-electron chi connectivity index (χ3n) is 15.5. The molecular weight excluding hydrogens is 613 g/mol. The zero-order valence-corrected chi connectivity index (χ0v) is 31.9. The molecule has 7 rings (SSSR count). The van der Waals surface area contributed by atoms with E-state index in [-0.39, 0.29) is 23.9 Å². The number of rotatable bonds is 10. The molecule has 270 valence electrons. The second kappa shape index (κ2) is 14.1. The van der Waals surface area contributed by atoms with E-state index in [1.54, 1.807) is 0 Å². The lowest BCUT2D eigenvalue weighted by atomic mass is 9.43. The SMILES string of the molecule is CC[C@](O)(C(=O)O[C@@H]1C[C@@]2(C)[C@@H](CC[C@@H]3[C@@H]2CC[C@]2(C)[C@@H]([C@H](C)CCCC(C)C)CC[C@@H]32)C[C@H]1c1ccc2ccccc2c1)c1ccccc1. The molecule has 4 aliphatic rings. The Morgan fingerprint density at radius 3 is 2.32 bits per heavy atom. The first-order chi connectivity index (χ1) is 24.0. The minimum Gasteiger partial charge on any atom is -0.459 e. The summed E-state index contributed by atoms with van der Waals surface area (Å²) in [6.07, 6.45) is 14.2. The maximum atomic E-state index is 14.2. The van der Waals surface area contributed by atoms with Gasteiger partial charge in [0, 0.05) is 5.92 Å². The van der Waals surface area contributed by atoms with Crippen molar-refractivity contribution >= 4 is 16.7 Å². The zero-order valence-electron chi connectivity index (χ0n) is 31.9. The number of fused-ring (bicyclic) bond motifs is 6. The molecule has 4 aliphatic carbocycles. The predicted molar refractivity (Wildman–Crippen MR) is 206 cm³/mol. The van der Waals surface area contributed by atoms with E-state index in [0.29, 0.717) is 22.8 Å². The Kier molecular flexibility index (Phi) is 10.0. The van der Waals surface area contributed by atoms with E-state index in [1.807, 2.05) is 37.3 Å². The first-order valence-electron chi connectivity index (χ1n) is 20.5. The molecular formula is C47H64O3. The highest BCUT2D eigenvalue weighted by molar-refractivity contribution is 5.83. The summed E-state index contributed by atoms with van der Waals surface area (Å²) in [5.74, 6) is 4.98. The lowest BCUT2D eigenvalue weighted by molar-refractivity contribution is -0.187. The Bertz CT molecular complexity index is 1630. The van der Waals surface area contributed by atoms with Gasteiger partial charge in [0.2, 0.25) is 0 Å². The number of aliphatic hydroxyl groups is 1. The molecule has 50 heavy (non-hydrogen) atoms. The van der Waals surface area contributed by atoms with Crippen LogP contribution in [0, 0.1) is 52.3 Å². The summed E-state index contributed by atoms with van der Waals surface area (Å²) in [5.41, 5.74) is 0.822. The van der Waals surface area contributed by atoms with Crippen LogP contribution in [0.1, 0.15) is 136 Å². The first kappa shape index (κ1) is 35.7. The highest BCUT2D eigenvalue weighted by atomic mass is 16.6. The van der Waals surface area contributed by atoms with Crippen molar-refractivity contribution < 1.29 is 14.6 Å². The second-order valence-corrected chi connectivity index (χ2v) is 18.4. The Balaban J connectivity index is 1.17. The van der Waals surface area contributed by atoms with Crippen molar-refractivity contribution in [3.8, 4) is 0 Å². The molecule has 0 radical (unpaired) electrons. The molecule has 3 nitrogen and oxygen atoms in total. The summed E-state index contributed by atoms with van der Waals surface area (Å²) >= 11 is 0. The fraction of sp³-hybridized carbons (Fsp3) is 0.638. The second-order valence-electron chi connectivity index (χ2n) is 18.4. The molecule has 0 aliphatic heterocycles. The normalized spacial score (nSPS) is 35.5. The Labute approximate surface area is 303 Å². The average molecular weight is 677 g/mol. The Morgan fingerprint density at radius 2 is 1.58 bits per heavy atom. The number of hydrogen-bond donors (Lipinski definition) is 1. The third kappa shape index (κ3) is 6.26. The van der Waals surface area contributed by atoms with Gasteiger partial charge in [0.1, 0.15) is 6.10 Å². The summed E-state index contributed by atoms with van der Waals surface area (Å²) in [4.78, 5) is 14.2. The molecule has 4 fully saturated rings. The third-order valence-corrected chi connectivity index (χ3v) is 15.5. The molecule has 0 bridgehead atoms. The number of hydrogen-bond acceptors (Lipinski definition) is 3. The molecule has 0 amide bonds. The average Bonchev–Trinajstić information content (AvgIpc) is 3.48. The van der Waals surface area contributed by atoms with Gasteiger partial charge in [0.05, 0.1) is 0 Å². The number of carbonyl (C=O) groups is 1. The molecule has 4 saturated carbocycles. The van der Waals surface area contributed by atoms with Gasteiger partial charge >= 0.3 is 5.97 Å². The summed E-state index contributed by atoms with van der Waals surface area (Å²) in [7, 11) is 0. The minimum absolute atomic E-state index is 0.117. The Hall–Kier alpha value is -2.65. The van der Waals surface area contributed by atoms with E-state index in [4.69, 9.17) is 4.74 Å². The standard InChI is InChI=1S/C47H64O3/c1-7-47(49,36-18-9-8-10-19-36)44(48)50-43-30-46(6)37(29-39(43)35-21-20-33-16-11-12-17-34(33)28-35)22-23-38-41-25-24-40(32(4)15-13-14-31(2)3)45(41,5)27-26-42(38)46/h8-12,16-21,28,31-32,37-43,49H,7,13-15,22-27,29-30H2,1-6H3/t32-,37+,38+,39+,40-,41+,42+,43-,45-,46+,47-/m1/s1. The lowest BCUT2D eigenvalue weighted by Gasteiger charge is -2.62. The van der Waals surface area contributed by atoms with Gasteiger partial charge < -0.3 is 9.84 Å². The van der Waals surface area contributed by atoms with Crippen LogP contribution in [0.2, 0.25) is 0 Å². The zero-order chi connectivity index (χ0) is 35.3. The highest BCUT2D eigenvalue weighted by Crippen LogP contribution is 2.69. The van der Waals surface area contributed by atoms with Crippen LogP contribution in [0.4, 0.5) is 0 Å². The van der Waals surface area contributed by atoms with E-state index >= 15 is 0 Å². The monoisotopic (exact) mass is 676 g/mol. The van der Waals surface area contributed by atoms with E-state index in [0.717, 1.165) is 42.4 Å². The maximum Gasteiger partial charge on any atom is 0.343 e. The molecule has 11 atom stereocenters. The molecule has 3 aromatic carbocycles. The first-order valence-corrected chi connectivity index (χ1v) is 20.5. The number of benzene rings is 3. The van der Waals surface area contributed by atoms with E-state index in [1.165, 1.54) is 74.1 Å². The van der Waals surface area contributed by atoms with Gasteiger partial charge in [-0.1, -0.05) is 134 Å². The molecule has 0 saturated heterocycles.